The Bertz CT molecular complexity index is 2210. The van der Waals surface area contributed by atoms with Gasteiger partial charge < -0.3 is 45.9 Å². The van der Waals surface area contributed by atoms with Crippen LogP contribution in [0.5, 0.6) is 11.5 Å². The minimum absolute atomic E-state index is 0.0438. The molecule has 2 aromatic rings. The van der Waals surface area contributed by atoms with E-state index in [-0.39, 0.29) is 65.7 Å². The second-order valence-corrected chi connectivity index (χ2v) is 21.5. The number of carbonyl (C=O) groups is 5. The number of fused-ring (bicyclic) bond motifs is 2. The van der Waals surface area contributed by atoms with Crippen LogP contribution < -0.4 is 41.4 Å². The van der Waals surface area contributed by atoms with E-state index in [0.717, 1.165) is 138 Å². The third-order valence-electron chi connectivity index (χ3n) is 16.9. The molecule has 0 spiro atoms. The predicted molar refractivity (Wildman–Crippen MR) is 279 cm³/mol. The molecule has 8 atom stereocenters. The van der Waals surface area contributed by atoms with E-state index in [1.54, 1.807) is 25.9 Å². The first-order valence-electron chi connectivity index (χ1n) is 27.8. The molecule has 0 aromatic heterocycles. The van der Waals surface area contributed by atoms with Gasteiger partial charge >= 0.3 is 0 Å². The number of likely N-dealkylation sites (tertiary alicyclic amines) is 2. The van der Waals surface area contributed by atoms with Crippen LogP contribution >= 0.6 is 0 Å². The van der Waals surface area contributed by atoms with Crippen molar-refractivity contribution in [3.63, 3.8) is 0 Å². The monoisotopic (exact) mass is 993 g/mol. The summed E-state index contributed by atoms with van der Waals surface area (Å²) in [5.41, 5.74) is 4.61. The second-order valence-electron chi connectivity index (χ2n) is 21.5. The normalized spacial score (nSPS) is 24.4. The fourth-order valence-electron chi connectivity index (χ4n) is 12.5. The number of rotatable bonds is 20. The van der Waals surface area contributed by atoms with Gasteiger partial charge in [-0.15, -0.1) is 0 Å². The molecule has 2 saturated carbocycles. The summed E-state index contributed by atoms with van der Waals surface area (Å²) in [6, 6.07) is 9.78. The molecule has 15 nitrogen and oxygen atoms in total. The fraction of sp³-hybridized carbons (Fsp3) is 0.667. The standard InChI is InChI=1S/C57H84N8O7/c1-37(58-3)53(66)62-51(39-19-7-5-8-20-39)56(69)64-33-17-29-47(64)55(68)61-46-28-14-26-44-42(46)24-16-31-49(44)72-36-12-11-35-71-48-30-15-23-41-43(48)25-13-27-45(41)60-50-32-18-34-65(50)57(70)52(40-21-9-6-10-22-40)63-54(67)38(2)59-4/h11-12,15-16,23-24,30-31,37-40,45-47,50-52,58-60H,5-10,13-14,17-22,25-29,32-36H2,1-4H3,(H,61,68)(H,62,66)(H,63,67)/b12-11+/t37?,38?,45-,46-,47+,50+,51?,52?/m1/s1. The van der Waals surface area contributed by atoms with Crippen molar-refractivity contribution in [3.05, 3.63) is 70.8 Å². The number of carbonyl (C=O) groups excluding carboxylic acids is 5. The van der Waals surface area contributed by atoms with Gasteiger partial charge in [-0.25, -0.2) is 0 Å². The summed E-state index contributed by atoms with van der Waals surface area (Å²) in [7, 11) is 3.51. The lowest BCUT2D eigenvalue weighted by molar-refractivity contribution is -0.143. The third kappa shape index (κ3) is 12.8. The summed E-state index contributed by atoms with van der Waals surface area (Å²) in [4.78, 5) is 72.7. The minimum Gasteiger partial charge on any atom is -0.489 e. The molecule has 2 heterocycles. The van der Waals surface area contributed by atoms with Gasteiger partial charge in [-0.1, -0.05) is 62.8 Å². The first-order chi connectivity index (χ1) is 35.1. The Morgan fingerprint density at radius 1 is 0.583 bits per heavy atom. The zero-order valence-corrected chi connectivity index (χ0v) is 43.6. The van der Waals surface area contributed by atoms with Crippen LogP contribution in [0.2, 0.25) is 0 Å². The van der Waals surface area contributed by atoms with Crippen molar-refractivity contribution in [2.45, 2.75) is 191 Å². The highest BCUT2D eigenvalue weighted by atomic mass is 16.5. The molecule has 4 unspecified atom stereocenters. The van der Waals surface area contributed by atoms with Gasteiger partial charge in [0, 0.05) is 19.1 Å². The minimum atomic E-state index is -0.633. The summed E-state index contributed by atoms with van der Waals surface area (Å²) < 4.78 is 12.8. The molecule has 0 radical (unpaired) electrons. The Balaban J connectivity index is 0.843. The molecule has 72 heavy (non-hydrogen) atoms. The maximum atomic E-state index is 14.4. The Labute approximate surface area is 428 Å². The molecule has 5 amide bonds. The summed E-state index contributed by atoms with van der Waals surface area (Å²) >= 11 is 0. The number of amides is 5. The quantitative estimate of drug-likeness (QED) is 0.0808. The van der Waals surface area contributed by atoms with Gasteiger partial charge in [-0.3, -0.25) is 29.3 Å². The van der Waals surface area contributed by atoms with E-state index in [0.29, 0.717) is 32.7 Å². The van der Waals surface area contributed by atoms with Crippen LogP contribution in [-0.4, -0.2) is 116 Å². The molecule has 0 bridgehead atoms. The third-order valence-corrected chi connectivity index (χ3v) is 16.9. The molecular weight excluding hydrogens is 909 g/mol. The molecule has 4 aliphatic carbocycles. The van der Waals surface area contributed by atoms with Gasteiger partial charge in [-0.2, -0.15) is 0 Å². The van der Waals surface area contributed by atoms with Crippen LogP contribution in [0.3, 0.4) is 0 Å². The summed E-state index contributed by atoms with van der Waals surface area (Å²) in [5.74, 6) is 1.38. The topological polar surface area (TPSA) is 182 Å². The molecule has 394 valence electrons. The average Bonchev–Trinajstić information content (AvgIpc) is 4.11. The molecule has 2 saturated heterocycles. The number of nitrogens with one attached hydrogen (secondary N) is 6. The van der Waals surface area contributed by atoms with Crippen molar-refractivity contribution in [1.82, 2.24) is 41.7 Å². The second kappa shape index (κ2) is 25.8. The highest BCUT2D eigenvalue weighted by molar-refractivity contribution is 5.94. The molecule has 6 aliphatic rings. The van der Waals surface area contributed by atoms with E-state index in [9.17, 15) is 24.0 Å². The lowest BCUT2D eigenvalue weighted by Crippen LogP contribution is -2.58. The zero-order valence-electron chi connectivity index (χ0n) is 43.6. The van der Waals surface area contributed by atoms with Gasteiger partial charge in [0.15, 0.2) is 0 Å². The smallest absolute Gasteiger partial charge is 0.246 e. The number of ether oxygens (including phenoxy) is 2. The number of likely N-dealkylation sites (N-methyl/N-ethyl adjacent to an activating group) is 2. The van der Waals surface area contributed by atoms with E-state index < -0.39 is 24.2 Å². The Kier molecular flexibility index (Phi) is 19.1. The van der Waals surface area contributed by atoms with Crippen molar-refractivity contribution in [3.8, 4) is 11.5 Å². The van der Waals surface area contributed by atoms with E-state index in [2.05, 4.69) is 56.2 Å². The largest absolute Gasteiger partial charge is 0.489 e. The van der Waals surface area contributed by atoms with Gasteiger partial charge in [0.05, 0.1) is 24.3 Å². The summed E-state index contributed by atoms with van der Waals surface area (Å²) in [5, 5.41) is 19.5. The Morgan fingerprint density at radius 2 is 1.07 bits per heavy atom. The van der Waals surface area contributed by atoms with Gasteiger partial charge in [0.2, 0.25) is 29.5 Å². The lowest BCUT2D eigenvalue weighted by atomic mass is 9.83. The molecule has 6 N–H and O–H groups in total. The number of hydrogen-bond donors (Lipinski definition) is 6. The van der Waals surface area contributed by atoms with Crippen LogP contribution in [0.1, 0.15) is 164 Å². The predicted octanol–water partition coefficient (Wildman–Crippen LogP) is 6.45. The lowest BCUT2D eigenvalue weighted by Gasteiger charge is -2.37. The molecule has 2 aromatic carbocycles. The Morgan fingerprint density at radius 3 is 1.61 bits per heavy atom. The molecule has 8 rings (SSSR count). The van der Waals surface area contributed by atoms with E-state index in [1.807, 2.05) is 36.1 Å². The van der Waals surface area contributed by atoms with Crippen molar-refractivity contribution in [1.29, 1.82) is 0 Å². The van der Waals surface area contributed by atoms with Crippen molar-refractivity contribution in [2.24, 2.45) is 11.8 Å². The maximum absolute atomic E-state index is 14.4. The van der Waals surface area contributed by atoms with Crippen LogP contribution in [0, 0.1) is 11.8 Å². The van der Waals surface area contributed by atoms with Crippen LogP contribution in [0.25, 0.3) is 0 Å². The van der Waals surface area contributed by atoms with E-state index >= 15 is 0 Å². The van der Waals surface area contributed by atoms with Crippen molar-refractivity contribution < 1.29 is 33.4 Å². The molecule has 15 heteroatoms. The average molecular weight is 993 g/mol. The van der Waals surface area contributed by atoms with Crippen LogP contribution in [0.4, 0.5) is 0 Å². The van der Waals surface area contributed by atoms with Crippen LogP contribution in [0.15, 0.2) is 48.6 Å². The van der Waals surface area contributed by atoms with E-state index in [1.165, 1.54) is 17.5 Å². The molecule has 2 aliphatic heterocycles. The van der Waals surface area contributed by atoms with Crippen molar-refractivity contribution >= 4 is 29.5 Å². The molecule has 4 fully saturated rings. The first-order valence-corrected chi connectivity index (χ1v) is 27.8. The number of hydrogen-bond acceptors (Lipinski definition) is 10. The first kappa shape index (κ1) is 53.3. The molecular formula is C57H84N8O7. The highest BCUT2D eigenvalue weighted by Crippen LogP contribution is 2.39. The SMILES string of the molecule is CNC(C)C(=O)NC(C(=O)N1CCC[C@H]1N[C@@H]1CCCc2c(OC/C=C/COc3cccc4c3CCC[C@H]4NC(=O)[C@@H]3CCCN3C(=O)C(NC(=O)C(C)NC)C3CCCCC3)cccc21)C1CCCCC1. The van der Waals surface area contributed by atoms with Gasteiger partial charge in [0.25, 0.3) is 0 Å². The highest BCUT2D eigenvalue weighted by Gasteiger charge is 2.43. The Hall–Kier alpha value is -4.99. The van der Waals surface area contributed by atoms with Gasteiger partial charge in [0.1, 0.15) is 42.8 Å². The van der Waals surface area contributed by atoms with Crippen LogP contribution in [-0.2, 0) is 36.8 Å². The maximum Gasteiger partial charge on any atom is 0.246 e. The number of benzene rings is 2. The summed E-state index contributed by atoms with van der Waals surface area (Å²) in [6.45, 7) is 5.59. The number of nitrogens with zero attached hydrogens (tertiary/aromatic N) is 2. The summed E-state index contributed by atoms with van der Waals surface area (Å²) in [6.07, 6.45) is 22.8. The van der Waals surface area contributed by atoms with E-state index in [4.69, 9.17) is 9.47 Å². The van der Waals surface area contributed by atoms with Gasteiger partial charge in [-0.05, 0) is 176 Å². The van der Waals surface area contributed by atoms with Crippen molar-refractivity contribution in [2.75, 3.05) is 40.4 Å². The zero-order chi connectivity index (χ0) is 50.6. The fourth-order valence-corrected chi connectivity index (χ4v) is 12.5.